The van der Waals surface area contributed by atoms with Crippen molar-refractivity contribution in [2.24, 2.45) is 0 Å². The first-order chi connectivity index (χ1) is 17.8. The Bertz CT molecular complexity index is 1360. The fraction of sp³-hybridized carbons (Fsp3) is 0.286. The molecule has 1 aromatic heterocycles. The molecule has 0 unspecified atom stereocenters. The Morgan fingerprint density at radius 1 is 0.946 bits per heavy atom. The van der Waals surface area contributed by atoms with Gasteiger partial charge in [-0.2, -0.15) is 0 Å². The largest absolute Gasteiger partial charge is 0.505 e. The number of carbonyl (C=O) groups is 2. The maximum atomic E-state index is 11.8. The summed E-state index contributed by atoms with van der Waals surface area (Å²) in [6, 6.07) is 18.5. The van der Waals surface area contributed by atoms with Gasteiger partial charge in [0.2, 0.25) is 0 Å². The second kappa shape index (κ2) is 11.1. The molecule has 0 saturated heterocycles. The van der Waals surface area contributed by atoms with E-state index in [9.17, 15) is 14.7 Å². The molecule has 0 fully saturated rings. The van der Waals surface area contributed by atoms with E-state index in [0.29, 0.717) is 17.8 Å². The molecule has 0 amide bonds. The number of phenolic OH excluding ortho intramolecular Hbond substituents is 1. The first kappa shape index (κ1) is 25.7. The van der Waals surface area contributed by atoms with E-state index in [-0.39, 0.29) is 18.6 Å². The number of anilines is 1. The maximum Gasteiger partial charge on any atom is 0.308 e. The number of benzene rings is 3. The lowest BCUT2D eigenvalue weighted by Crippen LogP contribution is -2.19. The van der Waals surface area contributed by atoms with E-state index in [2.05, 4.69) is 10.2 Å². The number of hydrogen-bond acceptors (Lipinski definition) is 8. The second-order valence-electron chi connectivity index (χ2n) is 8.74. The molecule has 1 N–H and O–H groups in total. The molecule has 37 heavy (non-hydrogen) atoms. The average molecular weight is 503 g/mol. The third-order valence-corrected chi connectivity index (χ3v) is 5.88. The topological polar surface area (TPSA) is 107 Å². The van der Waals surface area contributed by atoms with Crippen molar-refractivity contribution in [1.82, 2.24) is 15.0 Å². The Hall–Kier alpha value is -4.40. The molecule has 1 heterocycles. The minimum atomic E-state index is -1.10. The van der Waals surface area contributed by atoms with Crippen molar-refractivity contribution in [3.8, 4) is 11.4 Å². The lowest BCUT2D eigenvalue weighted by Gasteiger charge is -2.23. The molecule has 0 spiro atoms. The molecule has 0 atom stereocenters. The van der Waals surface area contributed by atoms with Crippen LogP contribution in [0.4, 0.5) is 5.69 Å². The molecule has 9 nitrogen and oxygen atoms in total. The van der Waals surface area contributed by atoms with Crippen molar-refractivity contribution in [1.29, 1.82) is 0 Å². The van der Waals surface area contributed by atoms with Crippen LogP contribution < -0.4 is 4.90 Å². The van der Waals surface area contributed by atoms with Crippen LogP contribution >= 0.6 is 0 Å². The fourth-order valence-corrected chi connectivity index (χ4v) is 3.87. The molecule has 9 heteroatoms. The van der Waals surface area contributed by atoms with Gasteiger partial charge in [-0.25, -0.2) is 0 Å². The third kappa shape index (κ3) is 5.88. The summed E-state index contributed by atoms with van der Waals surface area (Å²) in [6.07, 6.45) is -0.750. The van der Waals surface area contributed by atoms with Gasteiger partial charge in [0.15, 0.2) is 0 Å². The zero-order valence-electron chi connectivity index (χ0n) is 21.3. The van der Waals surface area contributed by atoms with Crippen molar-refractivity contribution in [2.75, 3.05) is 11.9 Å². The van der Waals surface area contributed by atoms with E-state index >= 15 is 0 Å². The molecule has 0 aliphatic rings. The molecule has 0 aliphatic carbocycles. The molecule has 4 rings (SSSR count). The third-order valence-electron chi connectivity index (χ3n) is 5.88. The molecule has 0 aliphatic heterocycles. The van der Waals surface area contributed by atoms with Gasteiger partial charge in [-0.15, -0.1) is 15.0 Å². The average Bonchev–Trinajstić information content (AvgIpc) is 3.34. The van der Waals surface area contributed by atoms with E-state index in [1.54, 1.807) is 26.0 Å². The first-order valence-electron chi connectivity index (χ1n) is 12.1. The molecule has 0 saturated carbocycles. The summed E-state index contributed by atoms with van der Waals surface area (Å²) in [5, 5.41) is 20.1. The highest BCUT2D eigenvalue weighted by molar-refractivity contribution is 5.74. The summed E-state index contributed by atoms with van der Waals surface area (Å²) in [5.41, 5.74) is 5.09. The molecule has 4 aromatic rings. The zero-order valence-corrected chi connectivity index (χ0v) is 21.3. The van der Waals surface area contributed by atoms with Gasteiger partial charge in [0.25, 0.3) is 6.29 Å². The Balaban J connectivity index is 1.55. The van der Waals surface area contributed by atoms with Crippen molar-refractivity contribution < 1.29 is 24.2 Å². The normalized spacial score (nSPS) is 11.1. The van der Waals surface area contributed by atoms with Gasteiger partial charge in [0, 0.05) is 43.2 Å². The quantitative estimate of drug-likeness (QED) is 0.252. The molecular weight excluding hydrogens is 472 g/mol. The highest BCUT2D eigenvalue weighted by Gasteiger charge is 2.21. The van der Waals surface area contributed by atoms with E-state index < -0.39 is 18.2 Å². The first-order valence-corrected chi connectivity index (χ1v) is 12.1. The minimum absolute atomic E-state index is 0.104. The van der Waals surface area contributed by atoms with Gasteiger partial charge in [-0.1, -0.05) is 32.0 Å². The molecule has 0 radical (unpaired) electrons. The van der Waals surface area contributed by atoms with Crippen LogP contribution in [-0.2, 0) is 25.6 Å². The van der Waals surface area contributed by atoms with Crippen LogP contribution in [0.1, 0.15) is 49.7 Å². The summed E-state index contributed by atoms with van der Waals surface area (Å²) in [6.45, 7) is 5.73. The number of aryl methyl sites for hydroxylation is 1. The minimum Gasteiger partial charge on any atom is -0.505 e. The summed E-state index contributed by atoms with van der Waals surface area (Å²) in [7, 11) is 1.91. The van der Waals surface area contributed by atoms with E-state index in [4.69, 9.17) is 9.47 Å². The predicted molar refractivity (Wildman–Crippen MR) is 139 cm³/mol. The highest BCUT2D eigenvalue weighted by Crippen LogP contribution is 2.30. The lowest BCUT2D eigenvalue weighted by atomic mass is 10.1. The monoisotopic (exact) mass is 502 g/mol. The molecular formula is C28H30N4O5. The van der Waals surface area contributed by atoms with Crippen molar-refractivity contribution in [3.05, 3.63) is 77.4 Å². The summed E-state index contributed by atoms with van der Waals surface area (Å²) < 4.78 is 10.6. The highest BCUT2D eigenvalue weighted by atomic mass is 16.7. The van der Waals surface area contributed by atoms with Gasteiger partial charge in [-0.05, 0) is 55.0 Å². The van der Waals surface area contributed by atoms with Crippen LogP contribution in [0.2, 0.25) is 0 Å². The summed E-state index contributed by atoms with van der Waals surface area (Å²) >= 11 is 0. The van der Waals surface area contributed by atoms with Crippen LogP contribution in [0, 0.1) is 6.92 Å². The molecule has 3 aromatic carbocycles. The SMILES string of the molecule is CCC(=O)OC(OC(=O)CC)c1ccc(N(C)Cc2cc(C)cc(-n3nc4ccccc4n3)c2O)cc1. The Kier molecular flexibility index (Phi) is 7.71. The van der Waals surface area contributed by atoms with Gasteiger partial charge in [0.1, 0.15) is 22.5 Å². The van der Waals surface area contributed by atoms with Crippen molar-refractivity contribution in [3.63, 3.8) is 0 Å². The van der Waals surface area contributed by atoms with Gasteiger partial charge in [-0.3, -0.25) is 9.59 Å². The number of phenols is 1. The van der Waals surface area contributed by atoms with Crippen LogP contribution in [0.5, 0.6) is 5.75 Å². The summed E-state index contributed by atoms with van der Waals surface area (Å²) in [4.78, 5) is 27.1. The van der Waals surface area contributed by atoms with Crippen LogP contribution in [-0.4, -0.2) is 39.1 Å². The van der Waals surface area contributed by atoms with Gasteiger partial charge in [0.05, 0.1) is 0 Å². The number of rotatable bonds is 9. The Morgan fingerprint density at radius 2 is 1.51 bits per heavy atom. The van der Waals surface area contributed by atoms with Crippen molar-refractivity contribution in [2.45, 2.75) is 46.4 Å². The lowest BCUT2D eigenvalue weighted by molar-refractivity contribution is -0.189. The number of nitrogens with zero attached hydrogens (tertiary/aromatic N) is 4. The van der Waals surface area contributed by atoms with E-state index in [0.717, 1.165) is 27.8 Å². The fourth-order valence-electron chi connectivity index (χ4n) is 3.87. The number of aromatic nitrogens is 3. The van der Waals surface area contributed by atoms with Crippen LogP contribution in [0.25, 0.3) is 16.7 Å². The van der Waals surface area contributed by atoms with Crippen molar-refractivity contribution >= 4 is 28.7 Å². The molecule has 0 bridgehead atoms. The zero-order chi connectivity index (χ0) is 26.5. The maximum absolute atomic E-state index is 11.8. The van der Waals surface area contributed by atoms with Crippen LogP contribution in [0.3, 0.4) is 0 Å². The summed E-state index contributed by atoms with van der Waals surface area (Å²) in [5.74, 6) is -0.812. The predicted octanol–water partition coefficient (Wildman–Crippen LogP) is 4.98. The smallest absolute Gasteiger partial charge is 0.308 e. The number of ether oxygens (including phenoxy) is 2. The molecule has 192 valence electrons. The number of fused-ring (bicyclic) bond motifs is 1. The van der Waals surface area contributed by atoms with E-state index in [1.807, 2.05) is 67.4 Å². The number of carbonyl (C=O) groups excluding carboxylic acids is 2. The Morgan fingerprint density at radius 3 is 2.05 bits per heavy atom. The van der Waals surface area contributed by atoms with Gasteiger partial charge >= 0.3 is 11.9 Å². The van der Waals surface area contributed by atoms with E-state index in [1.165, 1.54) is 4.80 Å². The second-order valence-corrected chi connectivity index (χ2v) is 8.74. The standard InChI is InChI=1S/C28H30N4O5/c1-5-25(33)36-28(37-26(34)6-2)19-11-13-21(14-12-19)31(4)17-20-15-18(3)16-24(27(20)35)32-29-22-9-7-8-10-23(22)30-32/h7-16,28,35H,5-6,17H2,1-4H3. The number of aromatic hydroxyl groups is 1. The van der Waals surface area contributed by atoms with Gasteiger partial charge < -0.3 is 19.5 Å². The number of hydrogen-bond donors (Lipinski definition) is 1. The van der Waals surface area contributed by atoms with Crippen LogP contribution in [0.15, 0.2) is 60.7 Å². The Labute approximate surface area is 215 Å². The number of esters is 2.